The Morgan fingerprint density at radius 2 is 2.00 bits per heavy atom. The van der Waals surface area contributed by atoms with Crippen molar-refractivity contribution in [2.45, 2.75) is 19.8 Å². The second-order valence-corrected chi connectivity index (χ2v) is 4.87. The minimum Gasteiger partial charge on any atom is -0.183 e. The van der Waals surface area contributed by atoms with Crippen LogP contribution < -0.4 is 0 Å². The minimum atomic E-state index is 0.819. The summed E-state index contributed by atoms with van der Waals surface area (Å²) in [5.74, 6) is 0.819. The molecule has 17 heavy (non-hydrogen) atoms. The third-order valence-electron chi connectivity index (χ3n) is 2.53. The number of rotatable bonds is 3. The summed E-state index contributed by atoms with van der Waals surface area (Å²) in [4.78, 5) is 0.868. The number of benzene rings is 1. The fourth-order valence-electron chi connectivity index (χ4n) is 1.74. The first kappa shape index (κ1) is 10.4. The molecule has 2 heterocycles. The summed E-state index contributed by atoms with van der Waals surface area (Å²) in [6.45, 7) is 2.15. The van der Waals surface area contributed by atoms with Crippen LogP contribution in [-0.4, -0.2) is 19.8 Å². The lowest BCUT2D eigenvalue weighted by molar-refractivity contribution is 0.848. The fraction of sp³-hybridized carbons (Fsp3) is 0.250. The van der Waals surface area contributed by atoms with Crippen LogP contribution in [0.2, 0.25) is 0 Å². The summed E-state index contributed by atoms with van der Waals surface area (Å²) in [5.41, 5.74) is 1.05. The molecule has 0 saturated carbocycles. The summed E-state index contributed by atoms with van der Waals surface area (Å²) in [7, 11) is 0. The van der Waals surface area contributed by atoms with Crippen LogP contribution in [0.25, 0.3) is 16.3 Å². The Bertz CT molecular complexity index is 626. The smallest absolute Gasteiger partial charge is 0.183 e. The van der Waals surface area contributed by atoms with Gasteiger partial charge in [0, 0.05) is 12.0 Å². The van der Waals surface area contributed by atoms with E-state index in [0.717, 1.165) is 34.2 Å². The van der Waals surface area contributed by atoms with Crippen LogP contribution >= 0.6 is 11.3 Å². The molecule has 0 radical (unpaired) electrons. The van der Waals surface area contributed by atoms with E-state index < -0.39 is 0 Å². The monoisotopic (exact) mass is 244 g/mol. The van der Waals surface area contributed by atoms with Gasteiger partial charge in [-0.05, 0) is 6.42 Å². The molecule has 2 aromatic heterocycles. The van der Waals surface area contributed by atoms with Gasteiger partial charge in [-0.25, -0.2) is 0 Å². The van der Waals surface area contributed by atoms with Gasteiger partial charge in [-0.3, -0.25) is 0 Å². The van der Waals surface area contributed by atoms with Crippen LogP contribution in [0.15, 0.2) is 30.3 Å². The van der Waals surface area contributed by atoms with E-state index in [0.29, 0.717) is 0 Å². The molecule has 86 valence electrons. The Labute approximate surface area is 103 Å². The maximum Gasteiger partial charge on any atom is 0.234 e. The van der Waals surface area contributed by atoms with E-state index in [2.05, 4.69) is 22.2 Å². The standard InChI is InChI=1S/C12H12N4S/c1-2-6-10-15-16-11(13-14-12(16)17-10)9-7-4-3-5-8-9/h3-5,7-8H,2,6H2,1H3. The Morgan fingerprint density at radius 3 is 2.76 bits per heavy atom. The molecule has 0 spiro atoms. The minimum absolute atomic E-state index is 0.819. The molecule has 0 aliphatic carbocycles. The third-order valence-corrected chi connectivity index (χ3v) is 3.49. The van der Waals surface area contributed by atoms with Crippen LogP contribution in [0, 0.1) is 0 Å². The summed E-state index contributed by atoms with van der Waals surface area (Å²) in [6, 6.07) is 10.0. The Morgan fingerprint density at radius 1 is 1.18 bits per heavy atom. The lowest BCUT2D eigenvalue weighted by Gasteiger charge is -1.95. The molecule has 0 unspecified atom stereocenters. The zero-order valence-corrected chi connectivity index (χ0v) is 10.3. The average Bonchev–Trinajstić information content (AvgIpc) is 2.90. The Balaban J connectivity index is 2.11. The number of hydrogen-bond acceptors (Lipinski definition) is 4. The van der Waals surface area contributed by atoms with Crippen LogP contribution in [0.3, 0.4) is 0 Å². The molecular weight excluding hydrogens is 232 g/mol. The Hall–Kier alpha value is -1.75. The second kappa shape index (κ2) is 4.25. The van der Waals surface area contributed by atoms with Crippen molar-refractivity contribution in [3.63, 3.8) is 0 Å². The van der Waals surface area contributed by atoms with Crippen molar-refractivity contribution in [2.75, 3.05) is 0 Å². The van der Waals surface area contributed by atoms with Crippen molar-refractivity contribution in [3.05, 3.63) is 35.3 Å². The van der Waals surface area contributed by atoms with E-state index in [-0.39, 0.29) is 0 Å². The van der Waals surface area contributed by atoms with Gasteiger partial charge in [0.1, 0.15) is 5.01 Å². The van der Waals surface area contributed by atoms with Gasteiger partial charge in [0.05, 0.1) is 0 Å². The van der Waals surface area contributed by atoms with Crippen molar-refractivity contribution >= 4 is 16.3 Å². The molecule has 0 N–H and O–H groups in total. The summed E-state index contributed by atoms with van der Waals surface area (Å²) in [6.07, 6.45) is 2.10. The van der Waals surface area contributed by atoms with Crippen molar-refractivity contribution < 1.29 is 0 Å². The van der Waals surface area contributed by atoms with E-state index in [1.54, 1.807) is 11.3 Å². The maximum atomic E-state index is 4.55. The zero-order valence-electron chi connectivity index (χ0n) is 9.50. The topological polar surface area (TPSA) is 43.1 Å². The normalized spacial score (nSPS) is 11.1. The molecule has 3 rings (SSSR count). The molecule has 0 amide bonds. The zero-order chi connectivity index (χ0) is 11.7. The highest BCUT2D eigenvalue weighted by molar-refractivity contribution is 7.16. The van der Waals surface area contributed by atoms with Gasteiger partial charge in [0.15, 0.2) is 5.82 Å². The molecule has 0 aliphatic rings. The van der Waals surface area contributed by atoms with Gasteiger partial charge in [0.25, 0.3) is 0 Å². The number of aromatic nitrogens is 4. The first-order valence-corrected chi connectivity index (χ1v) is 6.46. The van der Waals surface area contributed by atoms with Gasteiger partial charge in [-0.2, -0.15) is 9.61 Å². The van der Waals surface area contributed by atoms with Crippen LogP contribution in [0.5, 0.6) is 0 Å². The number of aryl methyl sites for hydroxylation is 1. The summed E-state index contributed by atoms with van der Waals surface area (Å²) < 4.78 is 1.84. The molecule has 1 aromatic carbocycles. The first-order valence-electron chi connectivity index (χ1n) is 5.65. The van der Waals surface area contributed by atoms with Gasteiger partial charge in [-0.1, -0.05) is 48.6 Å². The molecule has 4 nitrogen and oxygen atoms in total. The van der Waals surface area contributed by atoms with E-state index in [1.807, 2.05) is 34.8 Å². The molecule has 0 fully saturated rings. The van der Waals surface area contributed by atoms with Gasteiger partial charge >= 0.3 is 0 Å². The van der Waals surface area contributed by atoms with E-state index in [9.17, 15) is 0 Å². The second-order valence-electron chi connectivity index (χ2n) is 3.83. The lowest BCUT2D eigenvalue weighted by Crippen LogP contribution is -1.92. The molecule has 5 heteroatoms. The van der Waals surface area contributed by atoms with Gasteiger partial charge in [0.2, 0.25) is 4.96 Å². The number of hydrogen-bond donors (Lipinski definition) is 0. The molecule has 0 saturated heterocycles. The number of nitrogens with zero attached hydrogens (tertiary/aromatic N) is 4. The predicted molar refractivity (Wildman–Crippen MR) is 68.1 cm³/mol. The first-order chi connectivity index (χ1) is 8.38. The molecule has 0 aliphatic heterocycles. The average molecular weight is 244 g/mol. The van der Waals surface area contributed by atoms with E-state index in [4.69, 9.17) is 0 Å². The summed E-state index contributed by atoms with van der Waals surface area (Å²) in [5, 5.41) is 14.0. The van der Waals surface area contributed by atoms with Crippen LogP contribution in [0.1, 0.15) is 18.4 Å². The van der Waals surface area contributed by atoms with Crippen LogP contribution in [0.4, 0.5) is 0 Å². The highest BCUT2D eigenvalue weighted by Gasteiger charge is 2.12. The van der Waals surface area contributed by atoms with Crippen molar-refractivity contribution in [1.82, 2.24) is 19.8 Å². The van der Waals surface area contributed by atoms with Gasteiger partial charge < -0.3 is 0 Å². The maximum absolute atomic E-state index is 4.55. The third kappa shape index (κ3) is 1.82. The summed E-state index contributed by atoms with van der Waals surface area (Å²) >= 11 is 1.62. The van der Waals surface area contributed by atoms with Gasteiger partial charge in [-0.15, -0.1) is 10.2 Å². The molecule has 0 bridgehead atoms. The fourth-order valence-corrected chi connectivity index (χ4v) is 2.67. The van der Waals surface area contributed by atoms with Crippen molar-refractivity contribution in [1.29, 1.82) is 0 Å². The molecule has 3 aromatic rings. The highest BCUT2D eigenvalue weighted by Crippen LogP contribution is 2.21. The molecular formula is C12H12N4S. The van der Waals surface area contributed by atoms with E-state index in [1.165, 1.54) is 0 Å². The Kier molecular flexibility index (Phi) is 2.60. The van der Waals surface area contributed by atoms with E-state index >= 15 is 0 Å². The van der Waals surface area contributed by atoms with Crippen molar-refractivity contribution in [3.8, 4) is 11.4 Å². The highest BCUT2D eigenvalue weighted by atomic mass is 32.1. The SMILES string of the molecule is CCCc1nn2c(-c3ccccc3)nnc2s1. The largest absolute Gasteiger partial charge is 0.234 e. The van der Waals surface area contributed by atoms with Crippen LogP contribution in [-0.2, 0) is 6.42 Å². The predicted octanol–water partition coefficient (Wildman–Crippen LogP) is 2.81. The number of fused-ring (bicyclic) bond motifs is 1. The quantitative estimate of drug-likeness (QED) is 0.711. The molecule has 0 atom stereocenters. The lowest BCUT2D eigenvalue weighted by atomic mass is 10.2. The van der Waals surface area contributed by atoms with Crippen molar-refractivity contribution in [2.24, 2.45) is 0 Å².